The van der Waals surface area contributed by atoms with Crippen molar-refractivity contribution in [1.82, 2.24) is 26.0 Å². The number of hydrogen-bond donors (Lipinski definition) is 5. The van der Waals surface area contributed by atoms with Crippen LogP contribution in [0.25, 0.3) is 11.4 Å². The van der Waals surface area contributed by atoms with Crippen molar-refractivity contribution in [3.63, 3.8) is 0 Å². The topological polar surface area (TPSA) is 121 Å². The monoisotopic (exact) mass is 233 g/mol. The average molecular weight is 233 g/mol. The summed E-state index contributed by atoms with van der Waals surface area (Å²) in [6.07, 6.45) is 0. The van der Waals surface area contributed by atoms with Crippen molar-refractivity contribution in [2.24, 2.45) is 5.84 Å². The van der Waals surface area contributed by atoms with Gasteiger partial charge in [-0.05, 0) is 0 Å². The minimum atomic E-state index is -0.587. The number of benzene rings is 1. The van der Waals surface area contributed by atoms with Gasteiger partial charge in [-0.15, -0.1) is 5.10 Å². The third-order valence-corrected chi connectivity index (χ3v) is 1.95. The predicted octanol–water partition coefficient (Wildman–Crippen LogP) is -0.0285. The maximum Gasteiger partial charge on any atom is 0.347 e. The highest BCUT2D eigenvalue weighted by Gasteiger charge is 2.05. The summed E-state index contributed by atoms with van der Waals surface area (Å²) in [5, 5.41) is 6.61. The van der Waals surface area contributed by atoms with Crippen molar-refractivity contribution in [1.29, 1.82) is 0 Å². The number of nitrogens with one attached hydrogen (secondary N) is 4. The van der Waals surface area contributed by atoms with Gasteiger partial charge < -0.3 is 0 Å². The van der Waals surface area contributed by atoms with E-state index in [0.29, 0.717) is 5.82 Å². The highest BCUT2D eigenvalue weighted by Crippen LogP contribution is 2.14. The summed E-state index contributed by atoms with van der Waals surface area (Å²) in [6, 6.07) is 8.90. The highest BCUT2D eigenvalue weighted by atomic mass is 16.2. The molecule has 0 unspecified atom stereocenters. The molecule has 2 rings (SSSR count). The van der Waals surface area contributed by atoms with Crippen LogP contribution in [-0.4, -0.2) is 21.2 Å². The summed E-state index contributed by atoms with van der Waals surface area (Å²) in [6.45, 7) is 0. The fraction of sp³-hybridized carbons (Fsp3) is 0. The van der Waals surface area contributed by atoms with Crippen molar-refractivity contribution in [2.75, 3.05) is 5.43 Å². The number of hydrazine groups is 2. The van der Waals surface area contributed by atoms with Crippen LogP contribution in [0.15, 0.2) is 30.3 Å². The molecular formula is C9H11N7O. The molecule has 17 heavy (non-hydrogen) atoms. The van der Waals surface area contributed by atoms with E-state index in [0.717, 1.165) is 5.56 Å². The van der Waals surface area contributed by atoms with Gasteiger partial charge in [-0.25, -0.2) is 16.1 Å². The maximum absolute atomic E-state index is 10.8. The number of anilines is 1. The molecule has 6 N–H and O–H groups in total. The van der Waals surface area contributed by atoms with Gasteiger partial charge in [-0.2, -0.15) is 4.98 Å². The lowest BCUT2D eigenvalue weighted by Gasteiger charge is -2.02. The maximum atomic E-state index is 10.8. The number of nitrogens with zero attached hydrogens (tertiary/aromatic N) is 2. The van der Waals surface area contributed by atoms with Crippen molar-refractivity contribution < 1.29 is 4.79 Å². The van der Waals surface area contributed by atoms with Crippen molar-refractivity contribution in [2.45, 2.75) is 0 Å². The van der Waals surface area contributed by atoms with Gasteiger partial charge in [-0.1, -0.05) is 30.3 Å². The fourth-order valence-corrected chi connectivity index (χ4v) is 1.19. The number of hydrogen-bond acceptors (Lipinski definition) is 5. The third kappa shape index (κ3) is 2.69. The van der Waals surface area contributed by atoms with E-state index >= 15 is 0 Å². The third-order valence-electron chi connectivity index (χ3n) is 1.95. The normalized spacial score (nSPS) is 9.71. The molecular weight excluding hydrogens is 222 g/mol. The second kappa shape index (κ2) is 4.94. The van der Waals surface area contributed by atoms with Crippen LogP contribution in [0.5, 0.6) is 0 Å². The van der Waals surface area contributed by atoms with Crippen LogP contribution in [0, 0.1) is 0 Å². The summed E-state index contributed by atoms with van der Waals surface area (Å²) in [5.41, 5.74) is 7.53. The van der Waals surface area contributed by atoms with E-state index in [1.807, 2.05) is 35.8 Å². The van der Waals surface area contributed by atoms with Crippen LogP contribution in [0.1, 0.15) is 0 Å². The summed E-state index contributed by atoms with van der Waals surface area (Å²) in [5.74, 6) is 5.72. The molecule has 1 aromatic carbocycles. The first-order valence-corrected chi connectivity index (χ1v) is 4.80. The lowest BCUT2D eigenvalue weighted by molar-refractivity contribution is 0.243. The Morgan fingerprint density at radius 3 is 2.76 bits per heavy atom. The molecule has 1 heterocycles. The van der Waals surface area contributed by atoms with E-state index < -0.39 is 6.03 Å². The lowest BCUT2D eigenvalue weighted by atomic mass is 10.2. The molecule has 0 spiro atoms. The first kappa shape index (κ1) is 10.9. The van der Waals surface area contributed by atoms with Crippen LogP contribution in [0.4, 0.5) is 10.7 Å². The number of aromatic nitrogens is 3. The minimum absolute atomic E-state index is 0.243. The predicted molar refractivity (Wildman–Crippen MR) is 61.3 cm³/mol. The molecule has 0 atom stereocenters. The van der Waals surface area contributed by atoms with Gasteiger partial charge in [0.2, 0.25) is 0 Å². The fourth-order valence-electron chi connectivity index (χ4n) is 1.19. The molecule has 88 valence electrons. The molecule has 0 bridgehead atoms. The number of aromatic amines is 1. The molecule has 0 saturated carbocycles. The van der Waals surface area contributed by atoms with E-state index in [4.69, 9.17) is 5.84 Å². The molecule has 0 radical (unpaired) electrons. The number of H-pyrrole nitrogens is 1. The van der Waals surface area contributed by atoms with E-state index in [9.17, 15) is 4.79 Å². The average Bonchev–Trinajstić information content (AvgIpc) is 2.86. The summed E-state index contributed by atoms with van der Waals surface area (Å²) < 4.78 is 0. The molecule has 0 aliphatic rings. The number of urea groups is 1. The van der Waals surface area contributed by atoms with Crippen LogP contribution in [0.3, 0.4) is 0 Å². The van der Waals surface area contributed by atoms with Crippen LogP contribution in [-0.2, 0) is 0 Å². The summed E-state index contributed by atoms with van der Waals surface area (Å²) in [7, 11) is 0. The lowest BCUT2D eigenvalue weighted by Crippen LogP contribution is -2.42. The molecule has 0 aliphatic heterocycles. The Labute approximate surface area is 96.6 Å². The SMILES string of the molecule is NNC(=O)NNc1n[nH]c(-c2ccccc2)n1. The molecule has 1 aromatic heterocycles. The van der Waals surface area contributed by atoms with Gasteiger partial charge in [0.05, 0.1) is 0 Å². The zero-order chi connectivity index (χ0) is 12.1. The van der Waals surface area contributed by atoms with Gasteiger partial charge in [0.25, 0.3) is 5.95 Å². The molecule has 0 fully saturated rings. The molecule has 8 heteroatoms. The van der Waals surface area contributed by atoms with Crippen LogP contribution in [0.2, 0.25) is 0 Å². The van der Waals surface area contributed by atoms with E-state index in [-0.39, 0.29) is 5.95 Å². The zero-order valence-corrected chi connectivity index (χ0v) is 8.77. The Balaban J connectivity index is 2.04. The van der Waals surface area contributed by atoms with Crippen molar-refractivity contribution in [3.8, 4) is 11.4 Å². The molecule has 2 amide bonds. The van der Waals surface area contributed by atoms with Gasteiger partial charge in [0.15, 0.2) is 5.82 Å². The molecule has 0 saturated heterocycles. The second-order valence-electron chi connectivity index (χ2n) is 3.10. The molecule has 2 aromatic rings. The quantitative estimate of drug-likeness (QED) is 0.289. The second-order valence-corrected chi connectivity index (χ2v) is 3.10. The smallest absolute Gasteiger partial charge is 0.275 e. The van der Waals surface area contributed by atoms with Crippen LogP contribution >= 0.6 is 0 Å². The van der Waals surface area contributed by atoms with E-state index in [1.54, 1.807) is 0 Å². The molecule has 8 nitrogen and oxygen atoms in total. The largest absolute Gasteiger partial charge is 0.347 e. The number of nitrogens with two attached hydrogens (primary N) is 1. The Morgan fingerprint density at radius 1 is 1.29 bits per heavy atom. The number of amides is 2. The minimum Gasteiger partial charge on any atom is -0.275 e. The first-order chi connectivity index (χ1) is 8.29. The van der Waals surface area contributed by atoms with Crippen LogP contribution < -0.4 is 22.1 Å². The van der Waals surface area contributed by atoms with Gasteiger partial charge in [-0.3, -0.25) is 16.0 Å². The number of rotatable bonds is 3. The Hall–Kier alpha value is -2.61. The highest BCUT2D eigenvalue weighted by molar-refractivity contribution is 5.74. The van der Waals surface area contributed by atoms with Gasteiger partial charge >= 0.3 is 6.03 Å². The summed E-state index contributed by atoms with van der Waals surface area (Å²) >= 11 is 0. The van der Waals surface area contributed by atoms with Crippen molar-refractivity contribution >= 4 is 12.0 Å². The number of carbonyl (C=O) groups is 1. The van der Waals surface area contributed by atoms with E-state index in [1.165, 1.54) is 0 Å². The number of carbonyl (C=O) groups excluding carboxylic acids is 1. The summed E-state index contributed by atoms with van der Waals surface area (Å²) in [4.78, 5) is 14.9. The molecule has 0 aliphatic carbocycles. The Bertz CT molecular complexity index is 495. The first-order valence-electron chi connectivity index (χ1n) is 4.80. The van der Waals surface area contributed by atoms with Gasteiger partial charge in [0, 0.05) is 5.56 Å². The zero-order valence-electron chi connectivity index (χ0n) is 8.77. The standard InChI is InChI=1S/C9H11N7O/c10-12-9(17)16-15-8-11-7(13-14-8)6-4-2-1-3-5-6/h1-5H,10H2,(H2,12,16,17)(H2,11,13,14,15). The Kier molecular flexibility index (Phi) is 3.17. The van der Waals surface area contributed by atoms with E-state index in [2.05, 4.69) is 26.0 Å². The Morgan fingerprint density at radius 2 is 2.06 bits per heavy atom. The van der Waals surface area contributed by atoms with Gasteiger partial charge in [0.1, 0.15) is 0 Å². The van der Waals surface area contributed by atoms with Crippen molar-refractivity contribution in [3.05, 3.63) is 30.3 Å².